The van der Waals surface area contributed by atoms with E-state index in [1.807, 2.05) is 12.1 Å². The Morgan fingerprint density at radius 1 is 1.14 bits per heavy atom. The molecule has 0 radical (unpaired) electrons. The number of hydrogen-bond acceptors (Lipinski definition) is 7. The number of likely N-dealkylation sites (tertiary alicyclic amines) is 1. The Kier molecular flexibility index (Phi) is 8.28. The minimum absolute atomic E-state index is 0.0730. The number of pyridine rings is 1. The summed E-state index contributed by atoms with van der Waals surface area (Å²) in [5.74, 6) is 0.642. The number of ether oxygens (including phenoxy) is 3. The lowest BCUT2D eigenvalue weighted by molar-refractivity contribution is -0.0592. The standard InChI is InChI=1S/C31H32ClFN4O5/c1-40-27-14-21(31(38)39)13-26-30(27)35-28(37(26)16-23-9-12-41-23)17-36-10-7-19(8-11-36)25-3-2-4-29(34-25)42-18-20-5-6-22(32)15-24(20)33/h2-6,13-15,19,23H,7-12,16-18H2,1H3,(H,38,39)/t23-/m0/s1. The summed E-state index contributed by atoms with van der Waals surface area (Å²) in [5, 5.41) is 10.00. The second-order valence-electron chi connectivity index (χ2n) is 10.7. The molecular formula is C31H32ClFN4O5. The van der Waals surface area contributed by atoms with Gasteiger partial charge in [-0.25, -0.2) is 19.2 Å². The zero-order chi connectivity index (χ0) is 29.2. The zero-order valence-corrected chi connectivity index (χ0v) is 24.0. The lowest BCUT2D eigenvalue weighted by Gasteiger charge is -2.32. The number of carboxylic acid groups (broad SMARTS) is 1. The molecule has 0 unspecified atom stereocenters. The summed E-state index contributed by atoms with van der Waals surface area (Å²) in [5.41, 5.74) is 2.95. The first kappa shape index (κ1) is 28.4. The number of rotatable bonds is 10. The SMILES string of the molecule is COc1cc(C(=O)O)cc2c1nc(CN1CCC(c3cccc(OCc4ccc(Cl)cc4F)n3)CC1)n2C[C@@H]1CCO1. The first-order valence-electron chi connectivity index (χ1n) is 14.1. The van der Waals surface area contributed by atoms with Crippen LogP contribution in [0.25, 0.3) is 11.0 Å². The zero-order valence-electron chi connectivity index (χ0n) is 23.3. The third kappa shape index (κ3) is 6.06. The highest BCUT2D eigenvalue weighted by molar-refractivity contribution is 6.30. The van der Waals surface area contributed by atoms with Crippen LogP contribution in [0.15, 0.2) is 48.5 Å². The molecule has 2 fully saturated rings. The third-order valence-electron chi connectivity index (χ3n) is 8.05. The van der Waals surface area contributed by atoms with Crippen LogP contribution in [0.4, 0.5) is 4.39 Å². The molecule has 6 rings (SSSR count). The molecule has 0 aliphatic carbocycles. The molecule has 2 aliphatic rings. The van der Waals surface area contributed by atoms with Crippen LogP contribution in [-0.4, -0.2) is 63.4 Å². The van der Waals surface area contributed by atoms with Crippen LogP contribution >= 0.6 is 11.6 Å². The maximum Gasteiger partial charge on any atom is 0.335 e. The fraction of sp³-hybridized carbons (Fsp3) is 0.387. The molecule has 0 spiro atoms. The fourth-order valence-corrected chi connectivity index (χ4v) is 5.75. The quantitative estimate of drug-likeness (QED) is 0.250. The van der Waals surface area contributed by atoms with E-state index in [1.54, 1.807) is 24.3 Å². The number of nitrogens with zero attached hydrogens (tertiary/aromatic N) is 4. The van der Waals surface area contributed by atoms with Crippen molar-refractivity contribution in [3.05, 3.63) is 82.0 Å². The van der Waals surface area contributed by atoms with Gasteiger partial charge in [0, 0.05) is 34.9 Å². The Bertz CT molecular complexity index is 1600. The van der Waals surface area contributed by atoms with Crippen molar-refractivity contribution in [2.24, 2.45) is 0 Å². The predicted octanol–water partition coefficient (Wildman–Crippen LogP) is 5.68. The Labute approximate surface area is 247 Å². The number of halogens is 2. The molecule has 2 aromatic carbocycles. The van der Waals surface area contributed by atoms with Crippen molar-refractivity contribution in [1.82, 2.24) is 19.4 Å². The van der Waals surface area contributed by atoms with Crippen LogP contribution in [0.1, 0.15) is 52.6 Å². The van der Waals surface area contributed by atoms with Gasteiger partial charge in [-0.15, -0.1) is 0 Å². The lowest BCUT2D eigenvalue weighted by atomic mass is 9.93. The van der Waals surface area contributed by atoms with Crippen molar-refractivity contribution in [2.75, 3.05) is 26.8 Å². The van der Waals surface area contributed by atoms with Crippen molar-refractivity contribution in [1.29, 1.82) is 0 Å². The van der Waals surface area contributed by atoms with E-state index >= 15 is 0 Å². The second kappa shape index (κ2) is 12.2. The Hall–Kier alpha value is -3.73. The molecule has 1 N–H and O–H groups in total. The number of methoxy groups -OCH3 is 1. The highest BCUT2D eigenvalue weighted by Crippen LogP contribution is 2.32. The van der Waals surface area contributed by atoms with Crippen LogP contribution in [0.5, 0.6) is 11.6 Å². The van der Waals surface area contributed by atoms with E-state index in [-0.39, 0.29) is 24.2 Å². The van der Waals surface area contributed by atoms with E-state index in [4.69, 9.17) is 35.8 Å². The summed E-state index contributed by atoms with van der Waals surface area (Å²) in [6.07, 6.45) is 2.88. The van der Waals surface area contributed by atoms with Gasteiger partial charge in [-0.1, -0.05) is 23.7 Å². The topological polar surface area (TPSA) is 98.9 Å². The molecule has 2 saturated heterocycles. The summed E-state index contributed by atoms with van der Waals surface area (Å²) in [7, 11) is 1.53. The van der Waals surface area contributed by atoms with Crippen LogP contribution in [0, 0.1) is 5.82 Å². The Morgan fingerprint density at radius 2 is 1.95 bits per heavy atom. The molecule has 0 saturated carbocycles. The van der Waals surface area contributed by atoms with Crippen LogP contribution in [-0.2, 0) is 24.4 Å². The number of carbonyl (C=O) groups is 1. The van der Waals surface area contributed by atoms with Crippen LogP contribution < -0.4 is 9.47 Å². The maximum absolute atomic E-state index is 14.1. The third-order valence-corrected chi connectivity index (χ3v) is 8.29. The molecule has 0 bridgehead atoms. The van der Waals surface area contributed by atoms with Crippen molar-refractivity contribution in [3.63, 3.8) is 0 Å². The van der Waals surface area contributed by atoms with E-state index < -0.39 is 11.8 Å². The van der Waals surface area contributed by atoms with Crippen molar-refractivity contribution < 1.29 is 28.5 Å². The number of aromatic carboxylic acids is 1. The van der Waals surface area contributed by atoms with E-state index in [1.165, 1.54) is 19.2 Å². The summed E-state index contributed by atoms with van der Waals surface area (Å²) in [6, 6.07) is 13.4. The fourth-order valence-electron chi connectivity index (χ4n) is 5.59. The summed E-state index contributed by atoms with van der Waals surface area (Å²) >= 11 is 5.85. The number of hydrogen-bond donors (Lipinski definition) is 1. The molecule has 2 aromatic heterocycles. The van der Waals surface area contributed by atoms with Gasteiger partial charge in [0.15, 0.2) is 0 Å². The predicted molar refractivity (Wildman–Crippen MR) is 155 cm³/mol. The normalized spacial score (nSPS) is 17.7. The maximum atomic E-state index is 14.1. The number of carboxylic acids is 1. The monoisotopic (exact) mass is 594 g/mol. The van der Waals surface area contributed by atoms with E-state index in [0.717, 1.165) is 56.0 Å². The van der Waals surface area contributed by atoms with Crippen LogP contribution in [0.2, 0.25) is 5.02 Å². The van der Waals surface area contributed by atoms with E-state index in [2.05, 4.69) is 9.47 Å². The Morgan fingerprint density at radius 3 is 2.64 bits per heavy atom. The van der Waals surface area contributed by atoms with E-state index in [9.17, 15) is 14.3 Å². The second-order valence-corrected chi connectivity index (χ2v) is 11.2. The van der Waals surface area contributed by atoms with Gasteiger partial charge < -0.3 is 23.9 Å². The number of imidazole rings is 1. The van der Waals surface area contributed by atoms with Gasteiger partial charge in [0.1, 0.15) is 29.5 Å². The van der Waals surface area contributed by atoms with Gasteiger partial charge >= 0.3 is 5.97 Å². The first-order valence-corrected chi connectivity index (χ1v) is 14.4. The highest BCUT2D eigenvalue weighted by atomic mass is 35.5. The summed E-state index contributed by atoms with van der Waals surface area (Å²) in [4.78, 5) is 23.8. The van der Waals surface area contributed by atoms with Crippen LogP contribution in [0.3, 0.4) is 0 Å². The van der Waals surface area contributed by atoms with Gasteiger partial charge in [-0.2, -0.15) is 0 Å². The van der Waals surface area contributed by atoms with Crippen molar-refractivity contribution in [2.45, 2.75) is 51.0 Å². The van der Waals surface area contributed by atoms with Gasteiger partial charge in [-0.3, -0.25) is 4.90 Å². The first-order chi connectivity index (χ1) is 20.4. The summed E-state index contributed by atoms with van der Waals surface area (Å²) in [6.45, 7) is 3.77. The molecule has 4 heterocycles. The van der Waals surface area contributed by atoms with Gasteiger partial charge in [0.2, 0.25) is 5.88 Å². The minimum Gasteiger partial charge on any atom is -0.494 e. The Balaban J connectivity index is 1.14. The molecule has 220 valence electrons. The van der Waals surface area contributed by atoms with E-state index in [0.29, 0.717) is 40.8 Å². The number of aromatic nitrogens is 3. The van der Waals surface area contributed by atoms with Gasteiger partial charge in [-0.05, 0) is 62.7 Å². The molecule has 42 heavy (non-hydrogen) atoms. The van der Waals surface area contributed by atoms with Crippen molar-refractivity contribution >= 4 is 28.6 Å². The molecule has 9 nitrogen and oxygen atoms in total. The molecule has 11 heteroatoms. The van der Waals surface area contributed by atoms with Crippen molar-refractivity contribution in [3.8, 4) is 11.6 Å². The number of fused-ring (bicyclic) bond motifs is 1. The molecule has 1 atom stereocenters. The lowest BCUT2D eigenvalue weighted by Crippen LogP contribution is -2.35. The minimum atomic E-state index is -1.01. The smallest absolute Gasteiger partial charge is 0.335 e. The average Bonchev–Trinajstić information content (AvgIpc) is 3.31. The molecular weight excluding hydrogens is 563 g/mol. The van der Waals surface area contributed by atoms with Gasteiger partial charge in [0.05, 0.1) is 37.4 Å². The van der Waals surface area contributed by atoms with Gasteiger partial charge in [0.25, 0.3) is 0 Å². The highest BCUT2D eigenvalue weighted by Gasteiger charge is 2.27. The number of benzene rings is 2. The number of piperidine rings is 1. The average molecular weight is 595 g/mol. The summed E-state index contributed by atoms with van der Waals surface area (Å²) < 4.78 is 33.3. The molecule has 2 aliphatic heterocycles. The largest absolute Gasteiger partial charge is 0.494 e. The molecule has 4 aromatic rings. The molecule has 0 amide bonds.